The average molecular weight is 339 g/mol. The van der Waals surface area contributed by atoms with Crippen molar-refractivity contribution in [3.8, 4) is 16.9 Å². The summed E-state index contributed by atoms with van der Waals surface area (Å²) in [5.74, 6) is -2.28. The van der Waals surface area contributed by atoms with Crippen LogP contribution in [0.3, 0.4) is 0 Å². The van der Waals surface area contributed by atoms with Gasteiger partial charge in [0.25, 0.3) is 5.91 Å². The molecule has 0 fully saturated rings. The van der Waals surface area contributed by atoms with Gasteiger partial charge in [-0.2, -0.15) is 0 Å². The molecule has 1 N–H and O–H groups in total. The number of carbonyl (C=O) groups excluding carboxylic acids is 1. The van der Waals surface area contributed by atoms with Crippen LogP contribution in [0.2, 0.25) is 0 Å². The van der Waals surface area contributed by atoms with Crippen LogP contribution in [0.1, 0.15) is 0 Å². The minimum atomic E-state index is -1.02. The Kier molecular flexibility index (Phi) is 5.04. The van der Waals surface area contributed by atoms with Crippen LogP contribution in [-0.4, -0.2) is 12.5 Å². The van der Waals surface area contributed by atoms with Crippen molar-refractivity contribution in [2.24, 2.45) is 0 Å². The number of anilines is 1. The lowest BCUT2D eigenvalue weighted by atomic mass is 10.1. The van der Waals surface area contributed by atoms with Gasteiger partial charge in [-0.15, -0.1) is 0 Å². The van der Waals surface area contributed by atoms with Crippen LogP contribution in [0.5, 0.6) is 5.75 Å². The first kappa shape index (κ1) is 16.6. The number of halogens is 2. The van der Waals surface area contributed by atoms with E-state index < -0.39 is 17.5 Å². The molecule has 126 valence electrons. The van der Waals surface area contributed by atoms with E-state index in [9.17, 15) is 13.6 Å². The Balaban J connectivity index is 1.56. The Labute approximate surface area is 143 Å². The largest absolute Gasteiger partial charge is 0.484 e. The fraction of sp³-hybridized carbons (Fsp3) is 0.0500. The molecule has 1 amide bonds. The van der Waals surface area contributed by atoms with E-state index >= 15 is 0 Å². The fourth-order valence-corrected chi connectivity index (χ4v) is 2.29. The Morgan fingerprint density at radius 2 is 1.52 bits per heavy atom. The first-order valence-corrected chi connectivity index (χ1v) is 7.65. The number of ether oxygens (including phenoxy) is 1. The van der Waals surface area contributed by atoms with E-state index in [0.29, 0.717) is 5.69 Å². The summed E-state index contributed by atoms with van der Waals surface area (Å²) in [5, 5.41) is 2.69. The fourth-order valence-electron chi connectivity index (χ4n) is 2.29. The van der Waals surface area contributed by atoms with Crippen molar-refractivity contribution in [2.75, 3.05) is 11.9 Å². The van der Waals surface area contributed by atoms with Gasteiger partial charge in [-0.25, -0.2) is 8.78 Å². The van der Waals surface area contributed by atoms with Crippen molar-refractivity contribution in [1.82, 2.24) is 0 Å². The van der Waals surface area contributed by atoms with Crippen molar-refractivity contribution < 1.29 is 18.3 Å². The van der Waals surface area contributed by atoms with E-state index in [-0.39, 0.29) is 12.4 Å². The van der Waals surface area contributed by atoms with E-state index in [4.69, 9.17) is 4.74 Å². The number of rotatable bonds is 5. The molecule has 0 aromatic heterocycles. The van der Waals surface area contributed by atoms with Crippen LogP contribution < -0.4 is 10.1 Å². The van der Waals surface area contributed by atoms with Gasteiger partial charge in [-0.05, 0) is 35.4 Å². The minimum absolute atomic E-state index is 0.0912. The number of carbonyl (C=O) groups is 1. The Bertz CT molecular complexity index is 865. The highest BCUT2D eigenvalue weighted by atomic mass is 19.2. The molecular weight excluding hydrogens is 324 g/mol. The maximum Gasteiger partial charge on any atom is 0.262 e. The summed E-state index contributed by atoms with van der Waals surface area (Å²) in [6, 6.07) is 20.4. The summed E-state index contributed by atoms with van der Waals surface area (Å²) in [6.45, 7) is -0.300. The lowest BCUT2D eigenvalue weighted by Gasteiger charge is -2.08. The zero-order valence-corrected chi connectivity index (χ0v) is 13.2. The van der Waals surface area contributed by atoms with E-state index in [1.807, 2.05) is 42.5 Å². The molecule has 0 spiro atoms. The quantitative estimate of drug-likeness (QED) is 0.735. The monoisotopic (exact) mass is 339 g/mol. The lowest BCUT2D eigenvalue weighted by Crippen LogP contribution is -2.20. The van der Waals surface area contributed by atoms with Crippen LogP contribution in [-0.2, 0) is 4.79 Å². The molecule has 0 saturated heterocycles. The summed E-state index contributed by atoms with van der Waals surface area (Å²) in [4.78, 5) is 11.9. The highest BCUT2D eigenvalue weighted by Crippen LogP contribution is 2.21. The second-order valence-electron chi connectivity index (χ2n) is 5.36. The molecule has 0 heterocycles. The van der Waals surface area contributed by atoms with Gasteiger partial charge in [0, 0.05) is 11.8 Å². The molecule has 0 saturated carbocycles. The van der Waals surface area contributed by atoms with Crippen molar-refractivity contribution in [3.05, 3.63) is 84.4 Å². The maximum absolute atomic E-state index is 13.1. The first-order chi connectivity index (χ1) is 12.1. The molecular formula is C20H15F2NO2. The van der Waals surface area contributed by atoms with Crippen molar-refractivity contribution >= 4 is 11.6 Å². The molecule has 3 nitrogen and oxygen atoms in total. The molecule has 25 heavy (non-hydrogen) atoms. The molecule has 0 radical (unpaired) electrons. The van der Waals surface area contributed by atoms with Gasteiger partial charge in [0.1, 0.15) is 5.75 Å². The van der Waals surface area contributed by atoms with Gasteiger partial charge in [0.15, 0.2) is 18.2 Å². The van der Waals surface area contributed by atoms with Gasteiger partial charge in [0.2, 0.25) is 0 Å². The summed E-state index contributed by atoms with van der Waals surface area (Å²) in [7, 11) is 0. The molecule has 0 aliphatic heterocycles. The second-order valence-corrected chi connectivity index (χ2v) is 5.36. The molecule has 0 bridgehead atoms. The first-order valence-electron chi connectivity index (χ1n) is 7.65. The van der Waals surface area contributed by atoms with Crippen LogP contribution in [0, 0.1) is 11.6 Å². The summed E-state index contributed by atoms with van der Waals surface area (Å²) in [6.07, 6.45) is 0. The van der Waals surface area contributed by atoms with Gasteiger partial charge in [0.05, 0.1) is 0 Å². The molecule has 0 unspecified atom stereocenters. The van der Waals surface area contributed by atoms with E-state index in [1.165, 1.54) is 6.07 Å². The predicted molar refractivity (Wildman–Crippen MR) is 92.4 cm³/mol. The third-order valence-electron chi connectivity index (χ3n) is 3.54. The van der Waals surface area contributed by atoms with E-state index in [2.05, 4.69) is 5.32 Å². The van der Waals surface area contributed by atoms with Crippen molar-refractivity contribution in [2.45, 2.75) is 0 Å². The maximum atomic E-state index is 13.1. The van der Waals surface area contributed by atoms with Crippen LogP contribution >= 0.6 is 0 Å². The normalized spacial score (nSPS) is 10.3. The van der Waals surface area contributed by atoms with Crippen LogP contribution in [0.15, 0.2) is 72.8 Å². The highest BCUT2D eigenvalue weighted by Gasteiger charge is 2.07. The summed E-state index contributed by atoms with van der Waals surface area (Å²) >= 11 is 0. The minimum Gasteiger partial charge on any atom is -0.484 e. The van der Waals surface area contributed by atoms with E-state index in [1.54, 1.807) is 12.1 Å². The second kappa shape index (κ2) is 7.57. The number of benzene rings is 3. The van der Waals surface area contributed by atoms with Crippen LogP contribution in [0.4, 0.5) is 14.5 Å². The van der Waals surface area contributed by atoms with Crippen LogP contribution in [0.25, 0.3) is 11.1 Å². The highest BCUT2D eigenvalue weighted by molar-refractivity contribution is 5.92. The molecule has 5 heteroatoms. The number of hydrogen-bond donors (Lipinski definition) is 1. The zero-order valence-electron chi connectivity index (χ0n) is 13.2. The molecule has 3 rings (SSSR count). The zero-order chi connectivity index (χ0) is 17.6. The predicted octanol–water partition coefficient (Wildman–Crippen LogP) is 4.65. The Morgan fingerprint density at radius 3 is 2.20 bits per heavy atom. The number of hydrogen-bond acceptors (Lipinski definition) is 2. The van der Waals surface area contributed by atoms with Crippen molar-refractivity contribution in [3.63, 3.8) is 0 Å². The Morgan fingerprint density at radius 1 is 0.840 bits per heavy atom. The van der Waals surface area contributed by atoms with Gasteiger partial charge in [-0.3, -0.25) is 4.79 Å². The number of amides is 1. The summed E-state index contributed by atoms with van der Waals surface area (Å²) in [5.41, 5.74) is 2.75. The molecule has 0 aliphatic rings. The molecule has 0 aliphatic carbocycles. The molecule has 0 atom stereocenters. The smallest absolute Gasteiger partial charge is 0.262 e. The molecule has 3 aromatic rings. The standard InChI is InChI=1S/C20H15F2NO2/c21-18-11-10-17(12-19(18)22)25-13-20(24)23-16-8-6-15(7-9-16)14-4-2-1-3-5-14/h1-12H,13H2,(H,23,24). The van der Waals surface area contributed by atoms with E-state index in [0.717, 1.165) is 23.3 Å². The van der Waals surface area contributed by atoms with Gasteiger partial charge in [-0.1, -0.05) is 42.5 Å². The SMILES string of the molecule is O=C(COc1ccc(F)c(F)c1)Nc1ccc(-c2ccccc2)cc1. The molecule has 3 aromatic carbocycles. The van der Waals surface area contributed by atoms with Gasteiger partial charge >= 0.3 is 0 Å². The third kappa shape index (κ3) is 4.41. The van der Waals surface area contributed by atoms with Gasteiger partial charge < -0.3 is 10.1 Å². The third-order valence-corrected chi connectivity index (χ3v) is 3.54. The summed E-state index contributed by atoms with van der Waals surface area (Å²) < 4.78 is 31.1. The average Bonchev–Trinajstić information content (AvgIpc) is 2.64. The van der Waals surface area contributed by atoms with Crippen molar-refractivity contribution in [1.29, 1.82) is 0 Å². The Hall–Kier alpha value is -3.21. The number of nitrogens with one attached hydrogen (secondary N) is 1. The lowest BCUT2D eigenvalue weighted by molar-refractivity contribution is -0.118. The topological polar surface area (TPSA) is 38.3 Å².